The van der Waals surface area contributed by atoms with Gasteiger partial charge in [0.1, 0.15) is 6.67 Å². The number of halogens is 1. The van der Waals surface area contributed by atoms with Crippen LogP contribution in [-0.4, -0.2) is 24.9 Å². The van der Waals surface area contributed by atoms with Crippen LogP contribution in [0, 0.1) is 0 Å². The SMILES string of the molecule is Oc1ccnc(-n2ccc(CF)n2)n1. The molecule has 0 saturated carbocycles. The van der Waals surface area contributed by atoms with E-state index >= 15 is 0 Å². The molecule has 0 aliphatic heterocycles. The van der Waals surface area contributed by atoms with E-state index in [0.717, 1.165) is 0 Å². The van der Waals surface area contributed by atoms with E-state index in [1.54, 1.807) is 0 Å². The zero-order valence-corrected chi connectivity index (χ0v) is 7.13. The maximum absolute atomic E-state index is 12.2. The summed E-state index contributed by atoms with van der Waals surface area (Å²) in [5.74, 6) is 0.0667. The van der Waals surface area contributed by atoms with Gasteiger partial charge in [-0.05, 0) is 6.07 Å². The molecule has 0 fully saturated rings. The maximum atomic E-state index is 12.2. The van der Waals surface area contributed by atoms with E-state index in [4.69, 9.17) is 5.11 Å². The van der Waals surface area contributed by atoms with Gasteiger partial charge in [-0.25, -0.2) is 14.1 Å². The third-order valence-corrected chi connectivity index (χ3v) is 1.61. The van der Waals surface area contributed by atoms with Gasteiger partial charge in [0.05, 0.1) is 5.69 Å². The molecule has 0 bridgehead atoms. The summed E-state index contributed by atoms with van der Waals surface area (Å²) in [6, 6.07) is 2.87. The van der Waals surface area contributed by atoms with Crippen LogP contribution in [0.15, 0.2) is 24.5 Å². The van der Waals surface area contributed by atoms with Crippen LogP contribution in [0.3, 0.4) is 0 Å². The van der Waals surface area contributed by atoms with E-state index in [2.05, 4.69) is 15.1 Å². The van der Waals surface area contributed by atoms with Crippen molar-refractivity contribution in [1.82, 2.24) is 19.7 Å². The summed E-state index contributed by atoms with van der Waals surface area (Å²) in [5, 5.41) is 12.9. The number of aromatic hydroxyl groups is 1. The van der Waals surface area contributed by atoms with E-state index in [-0.39, 0.29) is 11.8 Å². The van der Waals surface area contributed by atoms with Crippen LogP contribution in [0.5, 0.6) is 5.88 Å². The van der Waals surface area contributed by atoms with Gasteiger partial charge in [0.2, 0.25) is 5.88 Å². The van der Waals surface area contributed by atoms with Crippen LogP contribution in [0.2, 0.25) is 0 Å². The van der Waals surface area contributed by atoms with Crippen molar-refractivity contribution < 1.29 is 9.50 Å². The Morgan fingerprint density at radius 2 is 2.29 bits per heavy atom. The largest absolute Gasteiger partial charge is 0.493 e. The Kier molecular flexibility index (Phi) is 2.10. The first-order valence-electron chi connectivity index (χ1n) is 3.92. The zero-order chi connectivity index (χ0) is 9.97. The summed E-state index contributed by atoms with van der Waals surface area (Å²) >= 11 is 0. The van der Waals surface area contributed by atoms with Gasteiger partial charge in [0, 0.05) is 18.5 Å². The Hall–Kier alpha value is -1.98. The Bertz CT molecular complexity index is 442. The third kappa shape index (κ3) is 1.54. The molecule has 2 rings (SSSR count). The molecular formula is C8H7FN4O. The highest BCUT2D eigenvalue weighted by Crippen LogP contribution is 2.06. The average molecular weight is 194 g/mol. The van der Waals surface area contributed by atoms with Crippen LogP contribution in [0.4, 0.5) is 4.39 Å². The average Bonchev–Trinajstić information content (AvgIpc) is 2.66. The predicted octanol–water partition coefficient (Wildman–Crippen LogP) is 0.837. The van der Waals surface area contributed by atoms with Gasteiger partial charge in [-0.2, -0.15) is 10.1 Å². The van der Waals surface area contributed by atoms with Gasteiger partial charge in [0.25, 0.3) is 5.95 Å². The molecule has 2 heterocycles. The molecule has 0 aliphatic carbocycles. The van der Waals surface area contributed by atoms with Crippen molar-refractivity contribution >= 4 is 0 Å². The van der Waals surface area contributed by atoms with Crippen molar-refractivity contribution in [2.24, 2.45) is 0 Å². The normalized spacial score (nSPS) is 10.4. The number of rotatable bonds is 2. The molecule has 2 aromatic heterocycles. The Balaban J connectivity index is 2.39. The Morgan fingerprint density at radius 1 is 1.43 bits per heavy atom. The fourth-order valence-corrected chi connectivity index (χ4v) is 0.994. The summed E-state index contributed by atoms with van der Waals surface area (Å²) in [5.41, 5.74) is 0.303. The second-order valence-corrected chi connectivity index (χ2v) is 2.60. The lowest BCUT2D eigenvalue weighted by atomic mass is 10.5. The quantitative estimate of drug-likeness (QED) is 0.769. The first kappa shape index (κ1) is 8.61. The van der Waals surface area contributed by atoms with Gasteiger partial charge >= 0.3 is 0 Å². The van der Waals surface area contributed by atoms with Crippen LogP contribution in [0.25, 0.3) is 5.95 Å². The van der Waals surface area contributed by atoms with E-state index in [1.807, 2.05) is 0 Å². The fourth-order valence-electron chi connectivity index (χ4n) is 0.994. The number of nitrogens with zero attached hydrogens (tertiary/aromatic N) is 4. The zero-order valence-electron chi connectivity index (χ0n) is 7.13. The van der Waals surface area contributed by atoms with Crippen molar-refractivity contribution in [3.63, 3.8) is 0 Å². The number of hydrogen-bond acceptors (Lipinski definition) is 4. The second kappa shape index (κ2) is 3.41. The highest BCUT2D eigenvalue weighted by molar-refractivity contribution is 5.16. The monoisotopic (exact) mass is 194 g/mol. The highest BCUT2D eigenvalue weighted by Gasteiger charge is 2.03. The number of hydrogen-bond donors (Lipinski definition) is 1. The van der Waals surface area contributed by atoms with E-state index < -0.39 is 6.67 Å². The van der Waals surface area contributed by atoms with Crippen LogP contribution >= 0.6 is 0 Å². The first-order chi connectivity index (χ1) is 6.79. The molecule has 0 atom stereocenters. The van der Waals surface area contributed by atoms with Gasteiger partial charge < -0.3 is 5.11 Å². The molecule has 0 amide bonds. The topological polar surface area (TPSA) is 63.8 Å². The van der Waals surface area contributed by atoms with Gasteiger partial charge in [-0.15, -0.1) is 0 Å². The smallest absolute Gasteiger partial charge is 0.253 e. The van der Waals surface area contributed by atoms with E-state index in [1.165, 1.54) is 29.2 Å². The second-order valence-electron chi connectivity index (χ2n) is 2.60. The highest BCUT2D eigenvalue weighted by atomic mass is 19.1. The molecular weight excluding hydrogens is 187 g/mol. The molecule has 0 radical (unpaired) electrons. The van der Waals surface area contributed by atoms with Gasteiger partial charge in [-0.1, -0.05) is 0 Å². The lowest BCUT2D eigenvalue weighted by Crippen LogP contribution is -2.01. The van der Waals surface area contributed by atoms with Crippen molar-refractivity contribution in [3.05, 3.63) is 30.2 Å². The van der Waals surface area contributed by atoms with Gasteiger partial charge in [0.15, 0.2) is 0 Å². The molecule has 0 spiro atoms. The molecule has 14 heavy (non-hydrogen) atoms. The summed E-state index contributed by atoms with van der Waals surface area (Å²) in [4.78, 5) is 7.58. The van der Waals surface area contributed by atoms with Crippen LogP contribution in [0.1, 0.15) is 5.69 Å². The van der Waals surface area contributed by atoms with Gasteiger partial charge in [-0.3, -0.25) is 0 Å². The van der Waals surface area contributed by atoms with Crippen molar-refractivity contribution in [2.75, 3.05) is 0 Å². The number of aromatic nitrogens is 4. The molecule has 72 valence electrons. The molecule has 2 aromatic rings. The Labute approximate surface area is 78.9 Å². The summed E-state index contributed by atoms with van der Waals surface area (Å²) in [7, 11) is 0. The lowest BCUT2D eigenvalue weighted by molar-refractivity contribution is 0.449. The predicted molar refractivity (Wildman–Crippen MR) is 45.6 cm³/mol. The summed E-state index contributed by atoms with van der Waals surface area (Å²) < 4.78 is 13.5. The summed E-state index contributed by atoms with van der Waals surface area (Å²) in [6.45, 7) is -0.633. The van der Waals surface area contributed by atoms with Crippen molar-refractivity contribution in [2.45, 2.75) is 6.67 Å². The van der Waals surface area contributed by atoms with E-state index in [0.29, 0.717) is 5.69 Å². The minimum Gasteiger partial charge on any atom is -0.493 e. The molecule has 0 aromatic carbocycles. The third-order valence-electron chi connectivity index (χ3n) is 1.61. The molecule has 5 nitrogen and oxygen atoms in total. The number of alkyl halides is 1. The Morgan fingerprint density at radius 3 is 2.93 bits per heavy atom. The first-order valence-corrected chi connectivity index (χ1v) is 3.92. The lowest BCUT2D eigenvalue weighted by Gasteiger charge is -1.97. The standard InChI is InChI=1S/C8H7FN4O/c9-5-6-2-4-13(12-6)8-10-3-1-7(14)11-8/h1-4H,5H2,(H,10,11,14). The van der Waals surface area contributed by atoms with Crippen LogP contribution in [-0.2, 0) is 6.67 Å². The fraction of sp³-hybridized carbons (Fsp3) is 0.125. The van der Waals surface area contributed by atoms with E-state index in [9.17, 15) is 4.39 Å². The molecule has 1 N–H and O–H groups in total. The van der Waals surface area contributed by atoms with Crippen molar-refractivity contribution in [3.8, 4) is 11.8 Å². The minimum absolute atomic E-state index is 0.146. The minimum atomic E-state index is -0.633. The molecule has 6 heteroatoms. The molecule has 0 saturated heterocycles. The maximum Gasteiger partial charge on any atom is 0.253 e. The molecule has 0 aliphatic rings. The van der Waals surface area contributed by atoms with Crippen molar-refractivity contribution in [1.29, 1.82) is 0 Å². The molecule has 0 unspecified atom stereocenters. The van der Waals surface area contributed by atoms with Crippen LogP contribution < -0.4 is 0 Å². The summed E-state index contributed by atoms with van der Waals surface area (Å²) in [6.07, 6.45) is 2.93.